The van der Waals surface area contributed by atoms with Gasteiger partial charge in [-0.1, -0.05) is 0 Å². The van der Waals surface area contributed by atoms with E-state index in [1.807, 2.05) is 6.07 Å². The topological polar surface area (TPSA) is 88.4 Å². The number of fused-ring (bicyclic) bond motifs is 1. The second-order valence-electron chi connectivity index (χ2n) is 5.57. The molecule has 1 heterocycles. The van der Waals surface area contributed by atoms with Gasteiger partial charge in [-0.2, -0.15) is 0 Å². The van der Waals surface area contributed by atoms with Gasteiger partial charge >= 0.3 is 0 Å². The molecule has 0 bridgehead atoms. The lowest BCUT2D eigenvalue weighted by Crippen LogP contribution is -2.30. The quantitative estimate of drug-likeness (QED) is 0.899. The average molecular weight is 334 g/mol. The van der Waals surface area contributed by atoms with Crippen molar-refractivity contribution in [3.63, 3.8) is 0 Å². The third kappa shape index (κ3) is 3.46. The van der Waals surface area contributed by atoms with Crippen LogP contribution in [-0.2, 0) is 21.2 Å². The molecule has 0 saturated heterocycles. The largest absolute Gasteiger partial charge is 0.469 e. The van der Waals surface area contributed by atoms with Crippen LogP contribution in [0.1, 0.15) is 37.1 Å². The number of amides is 1. The van der Waals surface area contributed by atoms with Crippen LogP contribution < -0.4 is 10.0 Å². The van der Waals surface area contributed by atoms with E-state index in [-0.39, 0.29) is 16.8 Å². The van der Waals surface area contributed by atoms with Crippen molar-refractivity contribution in [3.8, 4) is 0 Å². The second kappa shape index (κ2) is 6.17. The first-order valence-corrected chi connectivity index (χ1v) is 8.90. The Morgan fingerprint density at radius 1 is 1.22 bits per heavy atom. The van der Waals surface area contributed by atoms with E-state index in [9.17, 15) is 13.2 Å². The average Bonchev–Trinajstić information content (AvgIpc) is 2.96. The van der Waals surface area contributed by atoms with Crippen LogP contribution >= 0.6 is 0 Å². The van der Waals surface area contributed by atoms with Crippen molar-refractivity contribution in [2.45, 2.75) is 37.1 Å². The molecule has 1 aliphatic rings. The standard InChI is InChI=1S/C16H18N2O4S/c1-11(19)17-12-5-7-13(8-6-12)23(20,21)18-15-3-2-4-16-14(15)9-10-22-16/h5-10,15,18H,2-4H2,1H3,(H,17,19)/t15-/m0/s1. The van der Waals surface area contributed by atoms with E-state index in [0.29, 0.717) is 5.69 Å². The molecule has 122 valence electrons. The first-order chi connectivity index (χ1) is 11.0. The zero-order valence-electron chi connectivity index (χ0n) is 12.7. The first-order valence-electron chi connectivity index (χ1n) is 7.42. The number of hydrogen-bond acceptors (Lipinski definition) is 4. The molecule has 23 heavy (non-hydrogen) atoms. The fourth-order valence-electron chi connectivity index (χ4n) is 2.78. The van der Waals surface area contributed by atoms with Gasteiger partial charge in [0.05, 0.1) is 17.2 Å². The highest BCUT2D eigenvalue weighted by Gasteiger charge is 2.27. The maximum Gasteiger partial charge on any atom is 0.241 e. The van der Waals surface area contributed by atoms with Gasteiger partial charge in [0.2, 0.25) is 15.9 Å². The van der Waals surface area contributed by atoms with Crippen LogP contribution in [0.2, 0.25) is 0 Å². The predicted octanol–water partition coefficient (Wildman–Crippen LogP) is 2.59. The van der Waals surface area contributed by atoms with Gasteiger partial charge in [0, 0.05) is 24.6 Å². The van der Waals surface area contributed by atoms with Crippen LogP contribution in [0.3, 0.4) is 0 Å². The fourth-order valence-corrected chi connectivity index (χ4v) is 4.03. The van der Waals surface area contributed by atoms with Crippen molar-refractivity contribution in [2.75, 3.05) is 5.32 Å². The van der Waals surface area contributed by atoms with Gasteiger partial charge in [0.1, 0.15) is 5.76 Å². The summed E-state index contributed by atoms with van der Waals surface area (Å²) in [5.74, 6) is 0.651. The maximum atomic E-state index is 12.5. The fraction of sp³-hybridized carbons (Fsp3) is 0.312. The number of benzene rings is 1. The van der Waals surface area contributed by atoms with Gasteiger partial charge in [-0.05, 0) is 43.2 Å². The molecular weight excluding hydrogens is 316 g/mol. The monoisotopic (exact) mass is 334 g/mol. The zero-order chi connectivity index (χ0) is 16.4. The number of nitrogens with one attached hydrogen (secondary N) is 2. The lowest BCUT2D eigenvalue weighted by molar-refractivity contribution is -0.114. The van der Waals surface area contributed by atoms with Gasteiger partial charge < -0.3 is 9.73 Å². The summed E-state index contributed by atoms with van der Waals surface area (Å²) >= 11 is 0. The Labute approximate surface area is 134 Å². The Morgan fingerprint density at radius 2 is 1.96 bits per heavy atom. The number of furan rings is 1. The van der Waals surface area contributed by atoms with E-state index in [1.165, 1.54) is 19.1 Å². The van der Waals surface area contributed by atoms with Crippen molar-refractivity contribution in [1.29, 1.82) is 0 Å². The number of carbonyl (C=O) groups is 1. The van der Waals surface area contributed by atoms with Gasteiger partial charge in [-0.3, -0.25) is 4.79 Å². The first kappa shape index (κ1) is 15.8. The van der Waals surface area contributed by atoms with Gasteiger partial charge in [-0.15, -0.1) is 0 Å². The van der Waals surface area contributed by atoms with Crippen molar-refractivity contribution >= 4 is 21.6 Å². The van der Waals surface area contributed by atoms with Crippen molar-refractivity contribution in [2.24, 2.45) is 0 Å². The molecular formula is C16H18N2O4S. The van der Waals surface area contributed by atoms with Crippen molar-refractivity contribution < 1.29 is 17.6 Å². The number of sulfonamides is 1. The summed E-state index contributed by atoms with van der Waals surface area (Å²) < 4.78 is 33.2. The van der Waals surface area contributed by atoms with E-state index in [4.69, 9.17) is 4.42 Å². The van der Waals surface area contributed by atoms with Crippen LogP contribution in [0.25, 0.3) is 0 Å². The number of rotatable bonds is 4. The lowest BCUT2D eigenvalue weighted by Gasteiger charge is -2.22. The second-order valence-corrected chi connectivity index (χ2v) is 7.28. The Morgan fingerprint density at radius 3 is 2.65 bits per heavy atom. The van der Waals surface area contributed by atoms with Crippen LogP contribution in [0.5, 0.6) is 0 Å². The Kier molecular flexibility index (Phi) is 4.23. The summed E-state index contributed by atoms with van der Waals surface area (Å²) in [4.78, 5) is 11.2. The van der Waals surface area contributed by atoms with Crippen LogP contribution in [0, 0.1) is 0 Å². The summed E-state index contributed by atoms with van der Waals surface area (Å²) in [5.41, 5.74) is 1.47. The summed E-state index contributed by atoms with van der Waals surface area (Å²) in [6, 6.07) is 7.65. The van der Waals surface area contributed by atoms with Crippen LogP contribution in [0.15, 0.2) is 45.9 Å². The molecule has 1 aromatic carbocycles. The zero-order valence-corrected chi connectivity index (χ0v) is 13.5. The van der Waals surface area contributed by atoms with E-state index in [0.717, 1.165) is 30.6 Å². The van der Waals surface area contributed by atoms with Gasteiger partial charge in [0.15, 0.2) is 0 Å². The molecule has 2 aromatic rings. The minimum absolute atomic E-state index is 0.169. The summed E-state index contributed by atoms with van der Waals surface area (Å²) in [6.07, 6.45) is 4.07. The molecule has 0 radical (unpaired) electrons. The van der Waals surface area contributed by atoms with Gasteiger partial charge in [-0.25, -0.2) is 13.1 Å². The molecule has 0 unspecified atom stereocenters. The summed E-state index contributed by atoms with van der Waals surface area (Å²) in [5, 5.41) is 2.61. The predicted molar refractivity (Wildman–Crippen MR) is 85.5 cm³/mol. The smallest absolute Gasteiger partial charge is 0.241 e. The molecule has 0 fully saturated rings. The highest BCUT2D eigenvalue weighted by molar-refractivity contribution is 7.89. The Balaban J connectivity index is 1.79. The molecule has 6 nitrogen and oxygen atoms in total. The van der Waals surface area contributed by atoms with E-state index >= 15 is 0 Å². The van der Waals surface area contributed by atoms with E-state index in [2.05, 4.69) is 10.0 Å². The minimum Gasteiger partial charge on any atom is -0.469 e. The highest BCUT2D eigenvalue weighted by Crippen LogP contribution is 2.31. The third-order valence-electron chi connectivity index (χ3n) is 3.83. The van der Waals surface area contributed by atoms with E-state index in [1.54, 1.807) is 18.4 Å². The number of aryl methyl sites for hydroxylation is 1. The SMILES string of the molecule is CC(=O)Nc1ccc(S(=O)(=O)N[C@H]2CCCc3occc32)cc1. The molecule has 1 amide bonds. The molecule has 3 rings (SSSR count). The highest BCUT2D eigenvalue weighted by atomic mass is 32.2. The molecule has 1 aromatic heterocycles. The summed E-state index contributed by atoms with van der Waals surface area (Å²) in [6.45, 7) is 1.40. The van der Waals surface area contributed by atoms with Crippen molar-refractivity contribution in [1.82, 2.24) is 4.72 Å². The molecule has 1 aliphatic carbocycles. The normalized spacial score (nSPS) is 17.5. The van der Waals surface area contributed by atoms with Gasteiger partial charge in [0.25, 0.3) is 0 Å². The van der Waals surface area contributed by atoms with Crippen molar-refractivity contribution in [3.05, 3.63) is 47.9 Å². The Hall–Kier alpha value is -2.12. The summed E-state index contributed by atoms with van der Waals surface area (Å²) in [7, 11) is -3.63. The number of anilines is 1. The van der Waals surface area contributed by atoms with E-state index < -0.39 is 10.0 Å². The number of carbonyl (C=O) groups excluding carboxylic acids is 1. The number of hydrogen-bond donors (Lipinski definition) is 2. The molecule has 0 spiro atoms. The maximum absolute atomic E-state index is 12.5. The Bertz CT molecular complexity index is 809. The molecule has 7 heteroatoms. The lowest BCUT2D eigenvalue weighted by atomic mass is 9.94. The minimum atomic E-state index is -3.63. The van der Waals surface area contributed by atoms with Crippen LogP contribution in [-0.4, -0.2) is 14.3 Å². The molecule has 0 saturated carbocycles. The molecule has 0 aliphatic heterocycles. The third-order valence-corrected chi connectivity index (χ3v) is 5.32. The molecule has 1 atom stereocenters. The van der Waals surface area contributed by atoms with Crippen LogP contribution in [0.4, 0.5) is 5.69 Å². The molecule has 2 N–H and O–H groups in total.